The standard InChI is InChI=1S/C21H27N3O2/c1-21(2,3)18-12-10-16(11-13-18)14-24(4)15-19(25)22-23-20(26)17-8-6-5-7-9-17/h5-13H,14-15H2,1-4H3,(H,22,25)(H,23,26)/p+1. The van der Waals surface area contributed by atoms with Crippen molar-refractivity contribution in [2.75, 3.05) is 13.6 Å². The van der Waals surface area contributed by atoms with Crippen LogP contribution in [0.5, 0.6) is 0 Å². The highest BCUT2D eigenvalue weighted by atomic mass is 16.2. The minimum absolute atomic E-state index is 0.133. The molecule has 5 nitrogen and oxygen atoms in total. The third-order valence-electron chi connectivity index (χ3n) is 4.14. The molecule has 0 fully saturated rings. The number of benzene rings is 2. The van der Waals surface area contributed by atoms with Gasteiger partial charge in [-0.2, -0.15) is 0 Å². The summed E-state index contributed by atoms with van der Waals surface area (Å²) in [5, 5.41) is 0. The summed E-state index contributed by atoms with van der Waals surface area (Å²) in [5.74, 6) is -0.549. The summed E-state index contributed by atoms with van der Waals surface area (Å²) in [7, 11) is 1.95. The van der Waals surface area contributed by atoms with Crippen LogP contribution in [0.25, 0.3) is 0 Å². The summed E-state index contributed by atoms with van der Waals surface area (Å²) < 4.78 is 0. The van der Waals surface area contributed by atoms with Gasteiger partial charge in [0.25, 0.3) is 11.8 Å². The number of carbonyl (C=O) groups excluding carboxylic acids is 2. The molecule has 0 spiro atoms. The number of rotatable bonds is 5. The van der Waals surface area contributed by atoms with E-state index in [1.807, 2.05) is 13.1 Å². The maximum absolute atomic E-state index is 12.0. The predicted molar refractivity (Wildman–Crippen MR) is 103 cm³/mol. The molecule has 0 aliphatic heterocycles. The van der Waals surface area contributed by atoms with E-state index in [0.29, 0.717) is 5.56 Å². The normalized spacial score (nSPS) is 12.3. The van der Waals surface area contributed by atoms with E-state index in [1.165, 1.54) is 11.1 Å². The lowest BCUT2D eigenvalue weighted by molar-refractivity contribution is -0.885. The van der Waals surface area contributed by atoms with E-state index in [4.69, 9.17) is 0 Å². The summed E-state index contributed by atoms with van der Waals surface area (Å²) in [4.78, 5) is 25.0. The van der Waals surface area contributed by atoms with Crippen molar-refractivity contribution < 1.29 is 14.5 Å². The van der Waals surface area contributed by atoms with Crippen molar-refractivity contribution >= 4 is 11.8 Å². The van der Waals surface area contributed by atoms with Gasteiger partial charge in [0.2, 0.25) is 0 Å². The van der Waals surface area contributed by atoms with Crippen molar-refractivity contribution in [3.05, 3.63) is 71.3 Å². The van der Waals surface area contributed by atoms with E-state index < -0.39 is 0 Å². The molecule has 2 rings (SSSR count). The molecule has 0 saturated carbocycles. The smallest absolute Gasteiger partial charge is 0.293 e. The molecule has 0 aliphatic carbocycles. The summed E-state index contributed by atoms with van der Waals surface area (Å²) in [6.45, 7) is 7.58. The number of likely N-dealkylation sites (N-methyl/N-ethyl adjacent to an activating group) is 1. The Morgan fingerprint density at radius 2 is 1.54 bits per heavy atom. The van der Waals surface area contributed by atoms with Gasteiger partial charge in [-0.25, -0.2) is 0 Å². The fourth-order valence-corrected chi connectivity index (χ4v) is 2.64. The minimum Gasteiger partial charge on any atom is -0.326 e. The van der Waals surface area contributed by atoms with E-state index in [9.17, 15) is 9.59 Å². The van der Waals surface area contributed by atoms with Crippen LogP contribution in [-0.2, 0) is 16.8 Å². The van der Waals surface area contributed by atoms with Crippen LogP contribution in [0, 0.1) is 0 Å². The van der Waals surface area contributed by atoms with Gasteiger partial charge in [-0.15, -0.1) is 0 Å². The Labute approximate surface area is 155 Å². The Morgan fingerprint density at radius 1 is 0.923 bits per heavy atom. The quantitative estimate of drug-likeness (QED) is 0.712. The first kappa shape index (κ1) is 19.7. The first-order valence-electron chi connectivity index (χ1n) is 8.80. The molecule has 0 heterocycles. The van der Waals surface area contributed by atoms with E-state index in [1.54, 1.807) is 24.3 Å². The number of hydrogen-bond acceptors (Lipinski definition) is 2. The second kappa shape index (κ2) is 8.63. The lowest BCUT2D eigenvalue weighted by Gasteiger charge is -2.19. The molecule has 0 aromatic heterocycles. The monoisotopic (exact) mass is 354 g/mol. The van der Waals surface area contributed by atoms with Gasteiger partial charge in [0.1, 0.15) is 6.54 Å². The molecule has 0 aliphatic rings. The average molecular weight is 354 g/mol. The highest BCUT2D eigenvalue weighted by Gasteiger charge is 2.15. The molecule has 138 valence electrons. The Morgan fingerprint density at radius 3 is 2.12 bits per heavy atom. The maximum atomic E-state index is 12.0. The summed E-state index contributed by atoms with van der Waals surface area (Å²) >= 11 is 0. The molecule has 26 heavy (non-hydrogen) atoms. The van der Waals surface area contributed by atoms with Crippen LogP contribution >= 0.6 is 0 Å². The Kier molecular flexibility index (Phi) is 6.52. The van der Waals surface area contributed by atoms with Crippen LogP contribution in [0.15, 0.2) is 54.6 Å². The summed E-state index contributed by atoms with van der Waals surface area (Å²) in [6, 6.07) is 17.3. The van der Waals surface area contributed by atoms with Crippen LogP contribution in [0.3, 0.4) is 0 Å². The molecular formula is C21H28N3O2+. The Balaban J connectivity index is 1.79. The van der Waals surface area contributed by atoms with Crippen LogP contribution in [0.1, 0.15) is 42.3 Å². The molecule has 5 heteroatoms. The van der Waals surface area contributed by atoms with Gasteiger partial charge < -0.3 is 4.90 Å². The van der Waals surface area contributed by atoms with Gasteiger partial charge in [0, 0.05) is 11.1 Å². The van der Waals surface area contributed by atoms with Crippen LogP contribution in [0.2, 0.25) is 0 Å². The SMILES string of the molecule is C[NH+](CC(=O)NNC(=O)c1ccccc1)Cc1ccc(C(C)(C)C)cc1. The van der Waals surface area contributed by atoms with Gasteiger partial charge in [-0.1, -0.05) is 63.2 Å². The van der Waals surface area contributed by atoms with Crippen LogP contribution < -0.4 is 15.8 Å². The third-order valence-corrected chi connectivity index (χ3v) is 4.14. The number of carbonyl (C=O) groups is 2. The van der Waals surface area contributed by atoms with E-state index in [-0.39, 0.29) is 23.8 Å². The zero-order valence-electron chi connectivity index (χ0n) is 15.9. The topological polar surface area (TPSA) is 62.6 Å². The highest BCUT2D eigenvalue weighted by Crippen LogP contribution is 2.21. The summed E-state index contributed by atoms with van der Waals surface area (Å²) in [5.41, 5.74) is 8.02. The molecule has 0 bridgehead atoms. The van der Waals surface area contributed by atoms with Crippen LogP contribution in [-0.4, -0.2) is 25.4 Å². The van der Waals surface area contributed by atoms with Gasteiger partial charge in [0.05, 0.1) is 7.05 Å². The molecule has 0 saturated heterocycles. The van der Waals surface area contributed by atoms with E-state index in [0.717, 1.165) is 11.4 Å². The van der Waals surface area contributed by atoms with E-state index in [2.05, 4.69) is 55.9 Å². The molecule has 0 radical (unpaired) electrons. The lowest BCUT2D eigenvalue weighted by Crippen LogP contribution is -3.09. The van der Waals surface area contributed by atoms with E-state index >= 15 is 0 Å². The van der Waals surface area contributed by atoms with Gasteiger partial charge in [-0.05, 0) is 23.1 Å². The fraction of sp³-hybridized carbons (Fsp3) is 0.333. The second-order valence-electron chi connectivity index (χ2n) is 7.63. The molecule has 1 unspecified atom stereocenters. The minimum atomic E-state index is -0.325. The molecule has 2 aromatic carbocycles. The highest BCUT2D eigenvalue weighted by molar-refractivity contribution is 5.95. The Hall–Kier alpha value is -2.66. The lowest BCUT2D eigenvalue weighted by atomic mass is 9.87. The zero-order chi connectivity index (χ0) is 19.2. The van der Waals surface area contributed by atoms with Crippen molar-refractivity contribution in [1.29, 1.82) is 0 Å². The summed E-state index contributed by atoms with van der Waals surface area (Å²) in [6.07, 6.45) is 0. The molecule has 2 amide bonds. The number of nitrogens with one attached hydrogen (secondary N) is 3. The molecule has 1 atom stereocenters. The molecular weight excluding hydrogens is 326 g/mol. The number of hydrazine groups is 1. The van der Waals surface area contributed by atoms with Crippen molar-refractivity contribution in [2.24, 2.45) is 0 Å². The Bertz CT molecular complexity index is 734. The van der Waals surface area contributed by atoms with Crippen LogP contribution in [0.4, 0.5) is 0 Å². The molecule has 3 N–H and O–H groups in total. The number of hydrogen-bond donors (Lipinski definition) is 3. The average Bonchev–Trinajstić information content (AvgIpc) is 2.60. The van der Waals surface area contributed by atoms with Crippen molar-refractivity contribution in [2.45, 2.75) is 32.7 Å². The predicted octanol–water partition coefficient (Wildman–Crippen LogP) is 1.46. The second-order valence-corrected chi connectivity index (χ2v) is 7.63. The van der Waals surface area contributed by atoms with Gasteiger partial charge in [-0.3, -0.25) is 20.4 Å². The maximum Gasteiger partial charge on any atom is 0.293 e. The van der Waals surface area contributed by atoms with Gasteiger partial charge >= 0.3 is 0 Å². The number of amides is 2. The molecule has 2 aromatic rings. The first-order chi connectivity index (χ1) is 12.3. The fourth-order valence-electron chi connectivity index (χ4n) is 2.64. The van der Waals surface area contributed by atoms with Crippen molar-refractivity contribution in [3.63, 3.8) is 0 Å². The van der Waals surface area contributed by atoms with Crippen molar-refractivity contribution in [1.82, 2.24) is 10.9 Å². The third kappa shape index (κ3) is 6.01. The number of quaternary nitrogens is 1. The van der Waals surface area contributed by atoms with Crippen molar-refractivity contribution in [3.8, 4) is 0 Å². The zero-order valence-corrected chi connectivity index (χ0v) is 15.9. The first-order valence-corrected chi connectivity index (χ1v) is 8.80. The largest absolute Gasteiger partial charge is 0.326 e. The van der Waals surface area contributed by atoms with Gasteiger partial charge in [0.15, 0.2) is 6.54 Å².